The fourth-order valence-electron chi connectivity index (χ4n) is 3.41. The molecule has 0 radical (unpaired) electrons. The van der Waals surface area contributed by atoms with Crippen LogP contribution >= 0.6 is 0 Å². The first-order valence-corrected chi connectivity index (χ1v) is 7.91. The van der Waals surface area contributed by atoms with Crippen molar-refractivity contribution >= 4 is 17.3 Å². The van der Waals surface area contributed by atoms with Gasteiger partial charge in [-0.3, -0.25) is 5.32 Å². The molecule has 4 N–H and O–H groups in total. The average molecular weight is 330 g/mol. The molecule has 0 amide bonds. The molecule has 0 saturated carbocycles. The Morgan fingerprint density at radius 3 is 2.83 bits per heavy atom. The Balaban J connectivity index is 1.63. The molecule has 0 aliphatic carbocycles. The number of anilines is 3. The number of fused-ring (bicyclic) bond motifs is 3. The third kappa shape index (κ3) is 2.63. The first-order valence-electron chi connectivity index (χ1n) is 7.91. The Hall–Kier alpha value is -2.45. The van der Waals surface area contributed by atoms with Crippen LogP contribution in [0.1, 0.15) is 5.56 Å². The number of nitrogens with zero attached hydrogens (tertiary/aromatic N) is 4. The maximum absolute atomic E-state index is 13.0. The van der Waals surface area contributed by atoms with Crippen LogP contribution in [0.5, 0.6) is 0 Å². The van der Waals surface area contributed by atoms with Crippen LogP contribution in [-0.4, -0.2) is 47.0 Å². The van der Waals surface area contributed by atoms with Crippen LogP contribution in [0.25, 0.3) is 0 Å². The van der Waals surface area contributed by atoms with Gasteiger partial charge in [0.15, 0.2) is 5.82 Å². The van der Waals surface area contributed by atoms with Crippen molar-refractivity contribution in [3.63, 3.8) is 0 Å². The molecule has 1 fully saturated rings. The van der Waals surface area contributed by atoms with E-state index in [0.717, 1.165) is 23.6 Å². The number of nitrogen functional groups attached to an aromatic ring is 1. The van der Waals surface area contributed by atoms with Gasteiger partial charge < -0.3 is 20.6 Å². The van der Waals surface area contributed by atoms with E-state index in [0.29, 0.717) is 37.8 Å². The maximum atomic E-state index is 13.0. The summed E-state index contributed by atoms with van der Waals surface area (Å²) in [4.78, 5) is 12.3. The van der Waals surface area contributed by atoms with E-state index < -0.39 is 12.0 Å². The largest absolute Gasteiger partial charge is 0.399 e. The molecule has 3 heterocycles. The fraction of sp³-hybridized carbons (Fsp3) is 0.375. The number of halogens is 1. The van der Waals surface area contributed by atoms with Crippen molar-refractivity contribution in [2.45, 2.75) is 18.8 Å². The number of aliphatic hydroxyl groups excluding tert-OH is 1. The van der Waals surface area contributed by atoms with E-state index in [1.165, 1.54) is 0 Å². The molecule has 1 aromatic carbocycles. The predicted molar refractivity (Wildman–Crippen MR) is 89.0 cm³/mol. The summed E-state index contributed by atoms with van der Waals surface area (Å²) >= 11 is 0. The molecule has 1 aromatic heterocycles. The second-order valence-electron chi connectivity index (χ2n) is 6.12. The summed E-state index contributed by atoms with van der Waals surface area (Å²) in [6.45, 7) is 2.50. The zero-order valence-electron chi connectivity index (χ0n) is 13.1. The average Bonchev–Trinajstić information content (AvgIpc) is 2.72. The molecule has 24 heavy (non-hydrogen) atoms. The molecule has 2 aliphatic rings. The monoisotopic (exact) mass is 330 g/mol. The predicted octanol–water partition coefficient (Wildman–Crippen LogP) is 0.315. The Bertz CT molecular complexity index is 740. The number of piperazine rings is 1. The molecule has 2 aromatic rings. The lowest BCUT2D eigenvalue weighted by molar-refractivity contribution is 0.105. The van der Waals surface area contributed by atoms with Gasteiger partial charge in [0.05, 0.1) is 18.4 Å². The van der Waals surface area contributed by atoms with Crippen LogP contribution < -0.4 is 20.9 Å². The zero-order chi connectivity index (χ0) is 16.7. The lowest BCUT2D eigenvalue weighted by Gasteiger charge is -2.43. The first kappa shape index (κ1) is 15.1. The van der Waals surface area contributed by atoms with Crippen molar-refractivity contribution in [2.24, 2.45) is 0 Å². The van der Waals surface area contributed by atoms with Gasteiger partial charge in [-0.1, -0.05) is 0 Å². The highest BCUT2D eigenvalue weighted by molar-refractivity contribution is 5.62. The van der Waals surface area contributed by atoms with E-state index >= 15 is 0 Å². The SMILES string of the molecule is Nc1ccc2c(c1)CNC(O)C1CN(c3ncc(F)cn3)CCN21. The Kier molecular flexibility index (Phi) is 3.70. The topological polar surface area (TPSA) is 90.5 Å². The number of aromatic nitrogens is 2. The summed E-state index contributed by atoms with van der Waals surface area (Å²) in [6, 6.07) is 5.66. The number of benzene rings is 1. The van der Waals surface area contributed by atoms with Crippen LogP contribution in [0, 0.1) is 5.82 Å². The zero-order valence-corrected chi connectivity index (χ0v) is 13.1. The molecule has 2 aliphatic heterocycles. The summed E-state index contributed by atoms with van der Waals surface area (Å²) in [5.41, 5.74) is 8.75. The quantitative estimate of drug-likeness (QED) is 0.649. The van der Waals surface area contributed by atoms with Crippen molar-refractivity contribution in [2.75, 3.05) is 35.2 Å². The Labute approximate surface area is 138 Å². The molecule has 8 heteroatoms. The molecule has 126 valence electrons. The van der Waals surface area contributed by atoms with Crippen LogP contribution in [-0.2, 0) is 6.54 Å². The van der Waals surface area contributed by atoms with Crippen LogP contribution in [0.15, 0.2) is 30.6 Å². The Morgan fingerprint density at radius 2 is 2.04 bits per heavy atom. The normalized spacial score (nSPS) is 23.4. The van der Waals surface area contributed by atoms with Gasteiger partial charge in [-0.2, -0.15) is 0 Å². The minimum absolute atomic E-state index is 0.155. The highest BCUT2D eigenvalue weighted by Crippen LogP contribution is 2.30. The highest BCUT2D eigenvalue weighted by Gasteiger charge is 2.36. The standard InChI is InChI=1S/C16H19FN6O/c17-11-7-20-16(21-8-11)22-3-4-23-13-2-1-12(18)5-10(13)6-19-15(24)14(23)9-22/h1-2,5,7-8,14-15,19,24H,3-4,6,9,18H2. The fourth-order valence-corrected chi connectivity index (χ4v) is 3.41. The number of hydrogen-bond donors (Lipinski definition) is 3. The van der Waals surface area contributed by atoms with E-state index in [1.54, 1.807) is 0 Å². The van der Waals surface area contributed by atoms with E-state index in [1.807, 2.05) is 23.1 Å². The van der Waals surface area contributed by atoms with Crippen molar-refractivity contribution in [3.8, 4) is 0 Å². The van der Waals surface area contributed by atoms with E-state index in [4.69, 9.17) is 5.73 Å². The minimum Gasteiger partial charge on any atom is -0.399 e. The lowest BCUT2D eigenvalue weighted by atomic mass is 10.1. The molecule has 7 nitrogen and oxygen atoms in total. The van der Waals surface area contributed by atoms with Gasteiger partial charge in [0.2, 0.25) is 5.95 Å². The summed E-state index contributed by atoms with van der Waals surface area (Å²) in [5.74, 6) is 0.0186. The van der Waals surface area contributed by atoms with Gasteiger partial charge in [-0.05, 0) is 23.8 Å². The number of hydrogen-bond acceptors (Lipinski definition) is 7. The third-order valence-corrected chi connectivity index (χ3v) is 4.59. The van der Waals surface area contributed by atoms with E-state index in [-0.39, 0.29) is 6.04 Å². The molecule has 4 rings (SSSR count). The van der Waals surface area contributed by atoms with Gasteiger partial charge in [-0.15, -0.1) is 0 Å². The van der Waals surface area contributed by atoms with Gasteiger partial charge in [0, 0.05) is 37.6 Å². The molecule has 0 spiro atoms. The van der Waals surface area contributed by atoms with Gasteiger partial charge in [0.1, 0.15) is 6.23 Å². The summed E-state index contributed by atoms with van der Waals surface area (Å²) in [5, 5.41) is 13.7. The third-order valence-electron chi connectivity index (χ3n) is 4.59. The second-order valence-corrected chi connectivity index (χ2v) is 6.12. The van der Waals surface area contributed by atoms with Crippen molar-refractivity contribution in [1.82, 2.24) is 15.3 Å². The Morgan fingerprint density at radius 1 is 1.25 bits per heavy atom. The lowest BCUT2D eigenvalue weighted by Crippen LogP contribution is -2.60. The van der Waals surface area contributed by atoms with Gasteiger partial charge >= 0.3 is 0 Å². The van der Waals surface area contributed by atoms with Crippen LogP contribution in [0.2, 0.25) is 0 Å². The number of rotatable bonds is 1. The molecule has 2 atom stereocenters. The van der Waals surface area contributed by atoms with E-state index in [2.05, 4.69) is 20.2 Å². The molecule has 1 saturated heterocycles. The minimum atomic E-state index is -0.693. The maximum Gasteiger partial charge on any atom is 0.225 e. The second kappa shape index (κ2) is 5.88. The molecule has 0 bridgehead atoms. The van der Waals surface area contributed by atoms with Crippen molar-refractivity contribution in [1.29, 1.82) is 0 Å². The summed E-state index contributed by atoms with van der Waals surface area (Å²) in [7, 11) is 0. The smallest absolute Gasteiger partial charge is 0.225 e. The highest BCUT2D eigenvalue weighted by atomic mass is 19.1. The van der Waals surface area contributed by atoms with Crippen molar-refractivity contribution < 1.29 is 9.50 Å². The van der Waals surface area contributed by atoms with Crippen LogP contribution in [0.4, 0.5) is 21.7 Å². The summed E-state index contributed by atoms with van der Waals surface area (Å²) < 4.78 is 13.0. The summed E-state index contributed by atoms with van der Waals surface area (Å²) in [6.07, 6.45) is 1.63. The number of nitrogens with two attached hydrogens (primary N) is 1. The molecular weight excluding hydrogens is 311 g/mol. The van der Waals surface area contributed by atoms with Gasteiger partial charge in [-0.25, -0.2) is 14.4 Å². The van der Waals surface area contributed by atoms with Crippen molar-refractivity contribution in [3.05, 3.63) is 42.0 Å². The number of nitrogens with one attached hydrogen (secondary N) is 1. The van der Waals surface area contributed by atoms with Crippen LogP contribution in [0.3, 0.4) is 0 Å². The first-order chi connectivity index (χ1) is 11.6. The molecule has 2 unspecified atom stereocenters. The van der Waals surface area contributed by atoms with E-state index in [9.17, 15) is 9.50 Å². The van der Waals surface area contributed by atoms with Gasteiger partial charge in [0.25, 0.3) is 0 Å². The number of aliphatic hydroxyl groups is 1. The molecular formula is C16H19FN6O.